The lowest BCUT2D eigenvalue weighted by Crippen LogP contribution is -3.15. The Bertz CT molecular complexity index is 702. The van der Waals surface area contributed by atoms with Crippen molar-refractivity contribution in [1.82, 2.24) is 0 Å². The van der Waals surface area contributed by atoms with Crippen LogP contribution < -0.4 is 10.2 Å². The van der Waals surface area contributed by atoms with E-state index in [-0.39, 0.29) is 10.8 Å². The Kier molecular flexibility index (Phi) is 5.25. The maximum atomic E-state index is 12.4. The molecule has 1 amide bonds. The SMILES string of the molecule is CS(=O)(=O)c1ccccc1NC(=O)C[NH+]1CC[C@@H]2CCCC[C@@H]2C1. The van der Waals surface area contributed by atoms with Crippen LogP contribution in [0.2, 0.25) is 0 Å². The molecule has 1 unspecified atom stereocenters. The highest BCUT2D eigenvalue weighted by Gasteiger charge is 2.34. The molecule has 0 bridgehead atoms. The van der Waals surface area contributed by atoms with E-state index < -0.39 is 9.84 Å². The van der Waals surface area contributed by atoms with Crippen molar-refractivity contribution in [2.45, 2.75) is 37.0 Å². The van der Waals surface area contributed by atoms with Gasteiger partial charge < -0.3 is 10.2 Å². The van der Waals surface area contributed by atoms with Crippen LogP contribution in [0.1, 0.15) is 32.1 Å². The van der Waals surface area contributed by atoms with Crippen LogP contribution in [-0.4, -0.2) is 40.2 Å². The number of anilines is 1. The van der Waals surface area contributed by atoms with Crippen LogP contribution in [0.5, 0.6) is 0 Å². The van der Waals surface area contributed by atoms with Gasteiger partial charge in [-0.3, -0.25) is 4.79 Å². The maximum Gasteiger partial charge on any atom is 0.279 e. The highest BCUT2D eigenvalue weighted by atomic mass is 32.2. The molecule has 2 aliphatic rings. The summed E-state index contributed by atoms with van der Waals surface area (Å²) in [6.07, 6.45) is 7.71. The van der Waals surface area contributed by atoms with Gasteiger partial charge in [0, 0.05) is 12.2 Å². The Labute approximate surface area is 144 Å². The number of quaternary nitrogens is 1. The first-order chi connectivity index (χ1) is 11.4. The molecule has 1 saturated carbocycles. The summed E-state index contributed by atoms with van der Waals surface area (Å²) in [5, 5.41) is 2.80. The van der Waals surface area contributed by atoms with Gasteiger partial charge in [-0.05, 0) is 37.3 Å². The fraction of sp³-hybridized carbons (Fsp3) is 0.611. The van der Waals surface area contributed by atoms with Crippen LogP contribution in [0.15, 0.2) is 29.2 Å². The van der Waals surface area contributed by atoms with Gasteiger partial charge in [0.2, 0.25) is 0 Å². The van der Waals surface area contributed by atoms with Crippen molar-refractivity contribution in [3.63, 3.8) is 0 Å². The standard InChI is InChI=1S/C18H26N2O3S/c1-24(22,23)17-9-5-4-8-16(17)19-18(21)13-20-11-10-14-6-2-3-7-15(14)12-20/h4-5,8-9,14-15H,2-3,6-7,10-13H2,1H3,(H,19,21)/p+1/t14-,15+/m0/s1. The lowest BCUT2D eigenvalue weighted by molar-refractivity contribution is -0.902. The van der Waals surface area contributed by atoms with Crippen molar-refractivity contribution in [1.29, 1.82) is 0 Å². The number of carbonyl (C=O) groups excluding carboxylic acids is 1. The number of hydrogen-bond acceptors (Lipinski definition) is 3. The van der Waals surface area contributed by atoms with Gasteiger partial charge in [-0.1, -0.05) is 25.0 Å². The quantitative estimate of drug-likeness (QED) is 0.854. The predicted octanol–water partition coefficient (Wildman–Crippen LogP) is 1.12. The molecule has 1 aromatic rings. The van der Waals surface area contributed by atoms with E-state index in [2.05, 4.69) is 5.32 Å². The van der Waals surface area contributed by atoms with Crippen molar-refractivity contribution < 1.29 is 18.1 Å². The minimum absolute atomic E-state index is 0.102. The van der Waals surface area contributed by atoms with E-state index in [1.165, 1.54) is 43.1 Å². The Morgan fingerprint density at radius 3 is 2.62 bits per heavy atom. The fourth-order valence-corrected chi connectivity index (χ4v) is 5.12. The van der Waals surface area contributed by atoms with E-state index in [4.69, 9.17) is 0 Å². The predicted molar refractivity (Wildman–Crippen MR) is 93.8 cm³/mol. The van der Waals surface area contributed by atoms with Gasteiger partial charge in [0.1, 0.15) is 0 Å². The monoisotopic (exact) mass is 351 g/mol. The second-order valence-electron chi connectivity index (χ2n) is 7.29. The summed E-state index contributed by atoms with van der Waals surface area (Å²) in [6, 6.07) is 6.60. The minimum Gasteiger partial charge on any atom is -0.327 e. The highest BCUT2D eigenvalue weighted by Crippen LogP contribution is 2.32. The number of carbonyl (C=O) groups is 1. The van der Waals surface area contributed by atoms with Crippen LogP contribution >= 0.6 is 0 Å². The third-order valence-corrected chi connectivity index (χ3v) is 6.61. The molecular weight excluding hydrogens is 324 g/mol. The summed E-state index contributed by atoms with van der Waals surface area (Å²) < 4.78 is 23.7. The molecule has 1 heterocycles. The Morgan fingerprint density at radius 1 is 1.17 bits per heavy atom. The first-order valence-electron chi connectivity index (χ1n) is 8.86. The van der Waals surface area contributed by atoms with Gasteiger partial charge in [0.15, 0.2) is 16.4 Å². The number of fused-ring (bicyclic) bond motifs is 1. The van der Waals surface area contributed by atoms with Gasteiger partial charge in [-0.15, -0.1) is 0 Å². The molecule has 2 N–H and O–H groups in total. The zero-order chi connectivity index (χ0) is 17.2. The Morgan fingerprint density at radius 2 is 1.88 bits per heavy atom. The van der Waals surface area contributed by atoms with Crippen LogP contribution in [0, 0.1) is 11.8 Å². The topological polar surface area (TPSA) is 67.7 Å². The summed E-state index contributed by atoms with van der Waals surface area (Å²) in [4.78, 5) is 13.9. The Balaban J connectivity index is 1.60. The molecule has 1 aromatic carbocycles. The summed E-state index contributed by atoms with van der Waals surface area (Å²) in [7, 11) is -3.35. The van der Waals surface area contributed by atoms with Crippen molar-refractivity contribution >= 4 is 21.4 Å². The summed E-state index contributed by atoms with van der Waals surface area (Å²) in [6.45, 7) is 2.54. The highest BCUT2D eigenvalue weighted by molar-refractivity contribution is 7.90. The molecule has 5 nitrogen and oxygen atoms in total. The lowest BCUT2D eigenvalue weighted by Gasteiger charge is -2.38. The van der Waals surface area contributed by atoms with Gasteiger partial charge in [-0.25, -0.2) is 8.42 Å². The van der Waals surface area contributed by atoms with Crippen LogP contribution in [-0.2, 0) is 14.6 Å². The number of nitrogens with one attached hydrogen (secondary N) is 2. The first kappa shape index (κ1) is 17.4. The first-order valence-corrected chi connectivity index (χ1v) is 10.7. The number of sulfone groups is 1. The largest absolute Gasteiger partial charge is 0.327 e. The zero-order valence-electron chi connectivity index (χ0n) is 14.3. The van der Waals surface area contributed by atoms with Gasteiger partial charge in [0.05, 0.1) is 23.7 Å². The van der Waals surface area contributed by atoms with E-state index >= 15 is 0 Å². The van der Waals surface area contributed by atoms with E-state index in [1.54, 1.807) is 18.2 Å². The Hall–Kier alpha value is -1.40. The van der Waals surface area contributed by atoms with E-state index in [1.807, 2.05) is 0 Å². The second kappa shape index (κ2) is 7.23. The number of para-hydroxylation sites is 1. The van der Waals surface area contributed by atoms with Crippen molar-refractivity contribution in [3.8, 4) is 0 Å². The van der Waals surface area contributed by atoms with E-state index in [9.17, 15) is 13.2 Å². The number of rotatable bonds is 4. The third kappa shape index (κ3) is 4.16. The molecule has 0 radical (unpaired) electrons. The smallest absolute Gasteiger partial charge is 0.279 e. The molecule has 24 heavy (non-hydrogen) atoms. The molecule has 3 rings (SSSR count). The summed E-state index contributed by atoms with van der Waals surface area (Å²) >= 11 is 0. The molecule has 1 aliphatic carbocycles. The van der Waals surface area contributed by atoms with Crippen LogP contribution in [0.4, 0.5) is 5.69 Å². The fourth-order valence-electron chi connectivity index (χ4n) is 4.27. The molecule has 6 heteroatoms. The van der Waals surface area contributed by atoms with Gasteiger partial charge in [-0.2, -0.15) is 0 Å². The number of amides is 1. The van der Waals surface area contributed by atoms with Crippen molar-refractivity contribution in [2.75, 3.05) is 31.2 Å². The maximum absolute atomic E-state index is 12.4. The summed E-state index contributed by atoms with van der Waals surface area (Å²) in [5.41, 5.74) is 0.386. The number of benzene rings is 1. The minimum atomic E-state index is -3.35. The lowest BCUT2D eigenvalue weighted by atomic mass is 9.75. The molecule has 1 aliphatic heterocycles. The third-order valence-electron chi connectivity index (χ3n) is 5.46. The van der Waals surface area contributed by atoms with E-state index in [0.29, 0.717) is 12.2 Å². The normalized spacial score (nSPS) is 27.3. The van der Waals surface area contributed by atoms with Crippen molar-refractivity contribution in [2.24, 2.45) is 11.8 Å². The van der Waals surface area contributed by atoms with Crippen LogP contribution in [0.3, 0.4) is 0 Å². The number of hydrogen-bond donors (Lipinski definition) is 2. The molecular formula is C18H27N2O3S+. The zero-order valence-corrected chi connectivity index (χ0v) is 15.1. The molecule has 0 aromatic heterocycles. The van der Waals surface area contributed by atoms with Gasteiger partial charge in [0.25, 0.3) is 5.91 Å². The number of likely N-dealkylation sites (tertiary alicyclic amines) is 1. The molecule has 3 atom stereocenters. The van der Waals surface area contributed by atoms with Crippen molar-refractivity contribution in [3.05, 3.63) is 24.3 Å². The average molecular weight is 351 g/mol. The summed E-state index contributed by atoms with van der Waals surface area (Å²) in [5.74, 6) is 1.52. The average Bonchev–Trinajstić information content (AvgIpc) is 2.54. The second-order valence-corrected chi connectivity index (χ2v) is 9.27. The molecule has 2 fully saturated rings. The van der Waals surface area contributed by atoms with Crippen LogP contribution in [0.25, 0.3) is 0 Å². The molecule has 0 spiro atoms. The molecule has 132 valence electrons. The number of piperidine rings is 1. The van der Waals surface area contributed by atoms with Gasteiger partial charge >= 0.3 is 0 Å². The van der Waals surface area contributed by atoms with E-state index in [0.717, 1.165) is 31.2 Å². The molecule has 1 saturated heterocycles.